The summed E-state index contributed by atoms with van der Waals surface area (Å²) in [4.78, 5) is 26.7. The van der Waals surface area contributed by atoms with Crippen molar-refractivity contribution in [1.29, 1.82) is 0 Å². The fourth-order valence-corrected chi connectivity index (χ4v) is 3.96. The molecule has 160 valence electrons. The number of halogens is 1. The Bertz CT molecular complexity index is 1120. The molecule has 0 spiro atoms. The van der Waals surface area contributed by atoms with E-state index in [1.54, 1.807) is 21.7 Å². The summed E-state index contributed by atoms with van der Waals surface area (Å²) in [6.45, 7) is 4.46. The van der Waals surface area contributed by atoms with Gasteiger partial charge in [-0.25, -0.2) is 9.07 Å². The van der Waals surface area contributed by atoms with Crippen LogP contribution in [0.5, 0.6) is 0 Å². The predicted molar refractivity (Wildman–Crippen MR) is 118 cm³/mol. The summed E-state index contributed by atoms with van der Waals surface area (Å²) in [7, 11) is 0. The van der Waals surface area contributed by atoms with Crippen molar-refractivity contribution >= 4 is 23.2 Å². The summed E-state index contributed by atoms with van der Waals surface area (Å²) in [5, 5.41) is 7.46. The van der Waals surface area contributed by atoms with E-state index in [0.29, 0.717) is 18.7 Å². The maximum atomic E-state index is 13.2. The Kier molecular flexibility index (Phi) is 5.84. The molecule has 1 aliphatic heterocycles. The van der Waals surface area contributed by atoms with E-state index in [0.717, 1.165) is 41.2 Å². The number of carbonyl (C=O) groups is 2. The summed E-state index contributed by atoms with van der Waals surface area (Å²) < 4.78 is 15.0. The molecule has 1 aliphatic rings. The lowest BCUT2D eigenvalue weighted by molar-refractivity contribution is -0.119. The van der Waals surface area contributed by atoms with Crippen LogP contribution in [0.25, 0.3) is 5.69 Å². The fourth-order valence-electron chi connectivity index (χ4n) is 3.96. The zero-order chi connectivity index (χ0) is 22.0. The zero-order valence-corrected chi connectivity index (χ0v) is 17.7. The number of nitrogens with zero attached hydrogens (tertiary/aromatic N) is 3. The van der Waals surface area contributed by atoms with Gasteiger partial charge in [0.15, 0.2) is 0 Å². The first-order valence-electron chi connectivity index (χ1n) is 10.4. The Morgan fingerprint density at radius 1 is 1.10 bits per heavy atom. The van der Waals surface area contributed by atoms with Gasteiger partial charge >= 0.3 is 0 Å². The molecule has 0 aliphatic carbocycles. The molecule has 2 heterocycles. The number of aromatic nitrogens is 2. The van der Waals surface area contributed by atoms with E-state index in [9.17, 15) is 14.0 Å². The summed E-state index contributed by atoms with van der Waals surface area (Å²) in [5.74, 6) is -0.348. The molecular formula is C24H25FN4O2. The van der Waals surface area contributed by atoms with Crippen molar-refractivity contribution in [2.75, 3.05) is 16.8 Å². The molecule has 0 radical (unpaired) electrons. The minimum absolute atomic E-state index is 0.120. The number of aryl methyl sites for hydroxylation is 1. The fraction of sp³-hybridized carbons (Fsp3) is 0.292. The van der Waals surface area contributed by atoms with Crippen molar-refractivity contribution in [2.45, 2.75) is 39.5 Å². The van der Waals surface area contributed by atoms with E-state index in [4.69, 9.17) is 0 Å². The molecule has 0 bridgehead atoms. The Morgan fingerprint density at radius 3 is 2.61 bits per heavy atom. The van der Waals surface area contributed by atoms with E-state index in [-0.39, 0.29) is 24.1 Å². The average Bonchev–Trinajstić information content (AvgIpc) is 3.03. The second-order valence-electron chi connectivity index (χ2n) is 7.82. The van der Waals surface area contributed by atoms with Gasteiger partial charge in [-0.05, 0) is 69.2 Å². The molecule has 6 nitrogen and oxygen atoms in total. The highest BCUT2D eigenvalue weighted by Crippen LogP contribution is 2.24. The van der Waals surface area contributed by atoms with Gasteiger partial charge in [-0.2, -0.15) is 5.10 Å². The maximum absolute atomic E-state index is 13.2. The van der Waals surface area contributed by atoms with Gasteiger partial charge in [-0.1, -0.05) is 6.07 Å². The maximum Gasteiger partial charge on any atom is 0.228 e. The van der Waals surface area contributed by atoms with E-state index in [1.165, 1.54) is 12.1 Å². The largest absolute Gasteiger partial charge is 0.326 e. The number of amides is 2. The summed E-state index contributed by atoms with van der Waals surface area (Å²) in [6.07, 6.45) is 2.65. The molecule has 0 unspecified atom stereocenters. The van der Waals surface area contributed by atoms with Crippen LogP contribution in [0.4, 0.5) is 15.8 Å². The molecule has 1 aromatic heterocycles. The molecule has 3 aromatic rings. The van der Waals surface area contributed by atoms with Gasteiger partial charge in [0, 0.05) is 35.6 Å². The third-order valence-electron chi connectivity index (χ3n) is 5.61. The number of rotatable bonds is 5. The van der Waals surface area contributed by atoms with Crippen LogP contribution in [-0.2, 0) is 16.0 Å². The van der Waals surface area contributed by atoms with E-state index in [2.05, 4.69) is 10.4 Å². The standard InChI is InChI=1S/C24H25FN4O2/c1-16-22(17(2)29(27-16)20-11-9-18(25)10-12-20)15-23(30)26-19-6-5-7-21(14-19)28-13-4-3-8-24(28)31/h5-7,9-12,14H,3-4,8,13,15H2,1-2H3,(H,26,30). The summed E-state index contributed by atoms with van der Waals surface area (Å²) in [5.41, 5.74) is 4.63. The molecule has 0 saturated carbocycles. The summed E-state index contributed by atoms with van der Waals surface area (Å²) in [6, 6.07) is 13.5. The van der Waals surface area contributed by atoms with Gasteiger partial charge in [0.1, 0.15) is 5.82 Å². The molecule has 1 fully saturated rings. The van der Waals surface area contributed by atoms with E-state index in [1.807, 2.05) is 38.1 Å². The molecule has 2 amide bonds. The average molecular weight is 420 g/mol. The van der Waals surface area contributed by atoms with Crippen LogP contribution < -0.4 is 10.2 Å². The van der Waals surface area contributed by atoms with Crippen LogP contribution in [0.3, 0.4) is 0 Å². The first-order chi connectivity index (χ1) is 14.9. The zero-order valence-electron chi connectivity index (χ0n) is 17.7. The minimum Gasteiger partial charge on any atom is -0.326 e. The van der Waals surface area contributed by atoms with Crippen molar-refractivity contribution in [1.82, 2.24) is 9.78 Å². The summed E-state index contributed by atoms with van der Waals surface area (Å²) >= 11 is 0. The van der Waals surface area contributed by atoms with Crippen LogP contribution in [0, 0.1) is 19.7 Å². The smallest absolute Gasteiger partial charge is 0.228 e. The number of piperidine rings is 1. The lowest BCUT2D eigenvalue weighted by atomic mass is 10.1. The van der Waals surface area contributed by atoms with Crippen LogP contribution in [0.1, 0.15) is 36.2 Å². The number of carbonyl (C=O) groups excluding carboxylic acids is 2. The van der Waals surface area contributed by atoms with Crippen LogP contribution in [0.15, 0.2) is 48.5 Å². The normalized spacial score (nSPS) is 14.0. The van der Waals surface area contributed by atoms with Crippen LogP contribution in [-0.4, -0.2) is 28.1 Å². The molecule has 31 heavy (non-hydrogen) atoms. The Morgan fingerprint density at radius 2 is 1.87 bits per heavy atom. The third-order valence-corrected chi connectivity index (χ3v) is 5.61. The SMILES string of the molecule is Cc1nn(-c2ccc(F)cc2)c(C)c1CC(=O)Nc1cccc(N2CCCCC2=O)c1. The second kappa shape index (κ2) is 8.71. The van der Waals surface area contributed by atoms with Gasteiger partial charge in [0.25, 0.3) is 0 Å². The lowest BCUT2D eigenvalue weighted by Gasteiger charge is -2.27. The topological polar surface area (TPSA) is 67.2 Å². The van der Waals surface area contributed by atoms with Gasteiger partial charge < -0.3 is 10.2 Å². The first kappa shape index (κ1) is 20.8. The number of nitrogens with one attached hydrogen (secondary N) is 1. The highest BCUT2D eigenvalue weighted by atomic mass is 19.1. The Hall–Kier alpha value is -3.48. The van der Waals surface area contributed by atoms with Crippen molar-refractivity contribution in [3.8, 4) is 5.69 Å². The molecule has 0 atom stereocenters. The molecule has 7 heteroatoms. The van der Waals surface area contributed by atoms with Gasteiger partial charge in [-0.15, -0.1) is 0 Å². The molecular weight excluding hydrogens is 395 g/mol. The lowest BCUT2D eigenvalue weighted by Crippen LogP contribution is -2.35. The highest BCUT2D eigenvalue weighted by molar-refractivity contribution is 5.96. The van der Waals surface area contributed by atoms with Gasteiger partial charge in [0.2, 0.25) is 11.8 Å². The highest BCUT2D eigenvalue weighted by Gasteiger charge is 2.20. The monoisotopic (exact) mass is 420 g/mol. The van der Waals surface area contributed by atoms with Crippen LogP contribution >= 0.6 is 0 Å². The van der Waals surface area contributed by atoms with Crippen LogP contribution in [0.2, 0.25) is 0 Å². The molecule has 2 aromatic carbocycles. The number of anilines is 2. The van der Waals surface area contributed by atoms with Gasteiger partial charge in [-0.3, -0.25) is 9.59 Å². The minimum atomic E-state index is -0.307. The van der Waals surface area contributed by atoms with Crippen molar-refractivity contribution < 1.29 is 14.0 Å². The Labute approximate surface area is 180 Å². The van der Waals surface area contributed by atoms with Crippen molar-refractivity contribution in [2.24, 2.45) is 0 Å². The van der Waals surface area contributed by atoms with E-state index >= 15 is 0 Å². The van der Waals surface area contributed by atoms with E-state index < -0.39 is 0 Å². The van der Waals surface area contributed by atoms with Crippen molar-refractivity contribution in [3.05, 3.63) is 71.3 Å². The quantitative estimate of drug-likeness (QED) is 0.668. The predicted octanol–water partition coefficient (Wildman–Crippen LogP) is 4.33. The molecule has 1 saturated heterocycles. The van der Waals surface area contributed by atoms with Gasteiger partial charge in [0.05, 0.1) is 17.8 Å². The third kappa shape index (κ3) is 4.50. The van der Waals surface area contributed by atoms with Crippen molar-refractivity contribution in [3.63, 3.8) is 0 Å². The Balaban J connectivity index is 1.49. The molecule has 4 rings (SSSR count). The number of hydrogen-bond acceptors (Lipinski definition) is 3. The number of benzene rings is 2. The second-order valence-corrected chi connectivity index (χ2v) is 7.82. The first-order valence-corrected chi connectivity index (χ1v) is 10.4. The number of hydrogen-bond donors (Lipinski definition) is 1. The molecule has 1 N–H and O–H groups in total.